The molecule has 0 aliphatic rings. The number of benzene rings is 2. The molecule has 2 aromatic carbocycles. The molecule has 0 fully saturated rings. The maximum atomic E-state index is 9.19. The van der Waals surface area contributed by atoms with Gasteiger partial charge in [-0.15, -0.1) is 0 Å². The second-order valence-electron chi connectivity index (χ2n) is 5.23. The Labute approximate surface area is 136 Å². The second kappa shape index (κ2) is 8.79. The molecule has 0 spiro atoms. The molecule has 3 nitrogen and oxygen atoms in total. The molecule has 22 heavy (non-hydrogen) atoms. The van der Waals surface area contributed by atoms with Crippen LogP contribution in [0.2, 0.25) is 5.02 Å². The van der Waals surface area contributed by atoms with Crippen LogP contribution in [0, 0.1) is 0 Å². The Balaban J connectivity index is 1.91. The van der Waals surface area contributed by atoms with Crippen LogP contribution in [0.1, 0.15) is 24.5 Å². The summed E-state index contributed by atoms with van der Waals surface area (Å²) >= 11 is 5.97. The summed E-state index contributed by atoms with van der Waals surface area (Å²) in [5.41, 5.74) is 2.18. The number of aliphatic hydroxyl groups excluding tert-OH is 1. The average Bonchev–Trinajstić information content (AvgIpc) is 2.54. The molecule has 1 atom stereocenters. The van der Waals surface area contributed by atoms with Gasteiger partial charge in [0.25, 0.3) is 0 Å². The quantitative estimate of drug-likeness (QED) is 0.778. The van der Waals surface area contributed by atoms with E-state index in [1.54, 1.807) is 0 Å². The Bertz CT molecular complexity index is 585. The molecule has 0 radical (unpaired) electrons. The molecule has 118 valence electrons. The summed E-state index contributed by atoms with van der Waals surface area (Å²) in [6, 6.07) is 15.8. The Morgan fingerprint density at radius 1 is 1.14 bits per heavy atom. The highest BCUT2D eigenvalue weighted by molar-refractivity contribution is 6.30. The molecule has 0 saturated heterocycles. The maximum absolute atomic E-state index is 9.19. The summed E-state index contributed by atoms with van der Waals surface area (Å²) in [5.74, 6) is 0.830. The smallest absolute Gasteiger partial charge is 0.120 e. The van der Waals surface area contributed by atoms with Crippen molar-refractivity contribution in [2.24, 2.45) is 0 Å². The van der Waals surface area contributed by atoms with Crippen LogP contribution >= 0.6 is 11.6 Å². The Kier molecular flexibility index (Phi) is 6.72. The van der Waals surface area contributed by atoms with Crippen LogP contribution in [0.25, 0.3) is 0 Å². The fourth-order valence-electron chi connectivity index (χ4n) is 2.14. The van der Waals surface area contributed by atoms with E-state index in [1.165, 1.54) is 0 Å². The summed E-state index contributed by atoms with van der Waals surface area (Å²) < 4.78 is 5.81. The highest BCUT2D eigenvalue weighted by Gasteiger charge is 2.04. The lowest BCUT2D eigenvalue weighted by Gasteiger charge is -2.14. The first-order chi connectivity index (χ1) is 10.7. The van der Waals surface area contributed by atoms with E-state index in [9.17, 15) is 5.11 Å². The third kappa shape index (κ3) is 5.34. The third-order valence-electron chi connectivity index (χ3n) is 3.50. The van der Waals surface area contributed by atoms with Crippen molar-refractivity contribution in [2.45, 2.75) is 32.5 Å². The van der Waals surface area contributed by atoms with Crippen LogP contribution in [0.4, 0.5) is 0 Å². The summed E-state index contributed by atoms with van der Waals surface area (Å²) in [6.07, 6.45) is 0.904. The number of halogens is 1. The van der Waals surface area contributed by atoms with Crippen LogP contribution in [-0.4, -0.2) is 17.8 Å². The number of aliphatic hydroxyl groups is 1. The largest absolute Gasteiger partial charge is 0.489 e. The summed E-state index contributed by atoms with van der Waals surface area (Å²) in [7, 11) is 0. The molecule has 0 unspecified atom stereocenters. The van der Waals surface area contributed by atoms with Gasteiger partial charge in [-0.3, -0.25) is 0 Å². The van der Waals surface area contributed by atoms with Gasteiger partial charge in [0.05, 0.1) is 6.61 Å². The van der Waals surface area contributed by atoms with Gasteiger partial charge >= 0.3 is 0 Å². The Hall–Kier alpha value is -1.55. The van der Waals surface area contributed by atoms with E-state index >= 15 is 0 Å². The predicted molar refractivity (Wildman–Crippen MR) is 90.2 cm³/mol. The summed E-state index contributed by atoms with van der Waals surface area (Å²) in [6.45, 7) is 3.42. The van der Waals surface area contributed by atoms with Crippen LogP contribution in [-0.2, 0) is 13.2 Å². The van der Waals surface area contributed by atoms with Crippen molar-refractivity contribution in [2.75, 3.05) is 6.61 Å². The first-order valence-corrected chi connectivity index (χ1v) is 7.89. The van der Waals surface area contributed by atoms with Gasteiger partial charge in [0, 0.05) is 17.6 Å². The number of rotatable bonds is 8. The normalized spacial score (nSPS) is 12.1. The van der Waals surface area contributed by atoms with E-state index in [0.717, 1.165) is 23.3 Å². The van der Waals surface area contributed by atoms with Gasteiger partial charge in [-0.05, 0) is 41.8 Å². The fourth-order valence-corrected chi connectivity index (χ4v) is 2.35. The van der Waals surface area contributed by atoms with E-state index < -0.39 is 0 Å². The average molecular weight is 320 g/mol. The lowest BCUT2D eigenvalue weighted by molar-refractivity contribution is 0.238. The fraction of sp³-hybridized carbons (Fsp3) is 0.333. The first kappa shape index (κ1) is 16.8. The molecule has 0 aliphatic carbocycles. The standard InChI is InChI=1S/C18H22ClNO2/c1-2-17(12-21)20-11-14-5-4-8-18(10-14)22-13-15-6-3-7-16(19)9-15/h3-10,17,20-21H,2,11-13H2,1H3/t17-/m1/s1. The zero-order valence-electron chi connectivity index (χ0n) is 12.8. The zero-order chi connectivity index (χ0) is 15.8. The molecule has 2 rings (SSSR count). The predicted octanol–water partition coefficient (Wildman–Crippen LogP) is 3.78. The molecule has 4 heteroatoms. The van der Waals surface area contributed by atoms with Crippen molar-refractivity contribution < 1.29 is 9.84 Å². The molecule has 0 heterocycles. The lowest BCUT2D eigenvalue weighted by atomic mass is 10.2. The second-order valence-corrected chi connectivity index (χ2v) is 5.67. The minimum atomic E-state index is 0.135. The molecule has 0 bridgehead atoms. The number of nitrogens with one attached hydrogen (secondary N) is 1. The molecule has 2 N–H and O–H groups in total. The SMILES string of the molecule is CC[C@H](CO)NCc1cccc(OCc2cccc(Cl)c2)c1. The Morgan fingerprint density at radius 3 is 2.64 bits per heavy atom. The van der Waals surface area contributed by atoms with Gasteiger partial charge in [-0.25, -0.2) is 0 Å². The number of ether oxygens (including phenoxy) is 1. The van der Waals surface area contributed by atoms with Crippen LogP contribution in [0.3, 0.4) is 0 Å². The highest BCUT2D eigenvalue weighted by atomic mass is 35.5. The third-order valence-corrected chi connectivity index (χ3v) is 3.74. The molecule has 0 aromatic heterocycles. The van der Waals surface area contributed by atoms with Crippen LogP contribution < -0.4 is 10.1 Å². The van der Waals surface area contributed by atoms with Crippen molar-refractivity contribution in [1.82, 2.24) is 5.32 Å². The highest BCUT2D eigenvalue weighted by Crippen LogP contribution is 2.17. The van der Waals surface area contributed by atoms with Gasteiger partial charge in [-0.2, -0.15) is 0 Å². The maximum Gasteiger partial charge on any atom is 0.120 e. The van der Waals surface area contributed by atoms with Crippen molar-refractivity contribution >= 4 is 11.6 Å². The van der Waals surface area contributed by atoms with Gasteiger partial charge in [0.1, 0.15) is 12.4 Å². The summed E-state index contributed by atoms with van der Waals surface area (Å²) in [5, 5.41) is 13.2. The minimum absolute atomic E-state index is 0.135. The van der Waals surface area contributed by atoms with E-state index in [2.05, 4.69) is 12.2 Å². The molecular weight excluding hydrogens is 298 g/mol. The molecule has 0 amide bonds. The van der Waals surface area contributed by atoms with Crippen molar-refractivity contribution in [3.05, 3.63) is 64.7 Å². The minimum Gasteiger partial charge on any atom is -0.489 e. The van der Waals surface area contributed by atoms with E-state index in [1.807, 2.05) is 48.5 Å². The van der Waals surface area contributed by atoms with E-state index in [-0.39, 0.29) is 12.6 Å². The number of hydrogen-bond acceptors (Lipinski definition) is 3. The topological polar surface area (TPSA) is 41.5 Å². The number of hydrogen-bond donors (Lipinski definition) is 2. The molecular formula is C18H22ClNO2. The van der Waals surface area contributed by atoms with Gasteiger partial charge in [0.2, 0.25) is 0 Å². The zero-order valence-corrected chi connectivity index (χ0v) is 13.5. The van der Waals surface area contributed by atoms with Crippen molar-refractivity contribution in [3.63, 3.8) is 0 Å². The van der Waals surface area contributed by atoms with Crippen molar-refractivity contribution in [3.8, 4) is 5.75 Å². The monoisotopic (exact) mass is 319 g/mol. The Morgan fingerprint density at radius 2 is 1.91 bits per heavy atom. The summed E-state index contributed by atoms with van der Waals surface area (Å²) in [4.78, 5) is 0. The van der Waals surface area contributed by atoms with Gasteiger partial charge < -0.3 is 15.2 Å². The van der Waals surface area contributed by atoms with Gasteiger partial charge in [-0.1, -0.05) is 42.8 Å². The van der Waals surface area contributed by atoms with Crippen molar-refractivity contribution in [1.29, 1.82) is 0 Å². The van der Waals surface area contributed by atoms with Crippen LogP contribution in [0.5, 0.6) is 5.75 Å². The van der Waals surface area contributed by atoms with E-state index in [0.29, 0.717) is 18.2 Å². The molecule has 2 aromatic rings. The van der Waals surface area contributed by atoms with Gasteiger partial charge in [0.15, 0.2) is 0 Å². The van der Waals surface area contributed by atoms with Crippen LogP contribution in [0.15, 0.2) is 48.5 Å². The lowest BCUT2D eigenvalue weighted by Crippen LogP contribution is -2.31. The van der Waals surface area contributed by atoms with E-state index in [4.69, 9.17) is 16.3 Å². The first-order valence-electron chi connectivity index (χ1n) is 7.51. The molecule has 0 aliphatic heterocycles. The molecule has 0 saturated carbocycles.